The maximum absolute atomic E-state index is 13.5. The van der Waals surface area contributed by atoms with Crippen LogP contribution >= 0.6 is 0 Å². The Hall–Kier alpha value is -4.98. The smallest absolute Gasteiger partial charge is 0.457 e. The second-order valence-electron chi connectivity index (χ2n) is 7.88. The van der Waals surface area contributed by atoms with E-state index in [4.69, 9.17) is 14.3 Å². The van der Waals surface area contributed by atoms with Crippen LogP contribution in [-0.4, -0.2) is 54.2 Å². The van der Waals surface area contributed by atoms with E-state index in [0.29, 0.717) is 34.0 Å². The number of anilines is 2. The first-order valence-electron chi connectivity index (χ1n) is 11.6. The number of benzene rings is 2. The average Bonchev–Trinajstić information content (AvgIpc) is 3.01. The first kappa shape index (κ1) is 28.6. The number of carbonyl (C=O) groups excluding carboxylic acids is 4. The van der Waals surface area contributed by atoms with Crippen LogP contribution in [0.2, 0.25) is 0 Å². The molecule has 206 valence electrons. The van der Waals surface area contributed by atoms with Crippen molar-refractivity contribution in [2.45, 2.75) is 32.7 Å². The third-order valence-electron chi connectivity index (χ3n) is 5.22. The van der Waals surface area contributed by atoms with Crippen LogP contribution in [-0.2, 0) is 39.9 Å². The van der Waals surface area contributed by atoms with Crippen LogP contribution in [0, 0.1) is 10.1 Å². The fourth-order valence-corrected chi connectivity index (χ4v) is 3.73. The van der Waals surface area contributed by atoms with Crippen molar-refractivity contribution in [3.05, 3.63) is 81.9 Å². The summed E-state index contributed by atoms with van der Waals surface area (Å²) in [7, 11) is 0. The number of rotatable bonds is 10. The van der Waals surface area contributed by atoms with Gasteiger partial charge in [-0.2, -0.15) is 0 Å². The molecule has 2 aromatic rings. The Bertz CT molecular complexity index is 1250. The molecule has 3 rings (SSSR count). The number of imide groups is 1. The number of para-hydroxylation sites is 2. The van der Waals surface area contributed by atoms with Crippen LogP contribution in [0.15, 0.2) is 60.7 Å². The zero-order valence-electron chi connectivity index (χ0n) is 21.0. The van der Waals surface area contributed by atoms with Gasteiger partial charge in [0.15, 0.2) is 0 Å². The fraction of sp³-hybridized carbons (Fsp3) is 0.280. The zero-order chi connectivity index (χ0) is 28.4. The van der Waals surface area contributed by atoms with Gasteiger partial charge in [-0.05, 0) is 30.7 Å². The number of hydroxylamine groups is 2. The van der Waals surface area contributed by atoms with Gasteiger partial charge in [0.2, 0.25) is 12.7 Å². The summed E-state index contributed by atoms with van der Waals surface area (Å²) in [6, 6.07) is 13.1. The summed E-state index contributed by atoms with van der Waals surface area (Å²) in [5.74, 6) is -0.478. The molecule has 0 saturated heterocycles. The van der Waals surface area contributed by atoms with Crippen LogP contribution in [0.4, 0.5) is 21.0 Å². The standard InChI is InChI=1S/C25H25N3O11/c1-17(30)37-23-15-19-9-3-5-11-21(19)27(22-12-6-4-10-20(22)23)24(31)26(16-29)36-14-8-7-13-35-25(32)38-18(2)39-28(33)34/h3-12,16,18,23H,13-15H2,1-2H3/b8-7-. The molecule has 0 radical (unpaired) electrons. The van der Waals surface area contributed by atoms with Crippen LogP contribution in [0.5, 0.6) is 0 Å². The second kappa shape index (κ2) is 13.5. The SMILES string of the molecule is CC(=O)OC1Cc2ccccc2N(C(=O)N(C=O)OC/C=C\COC(=O)OC(C)O[N+](=O)[O-])c2ccccc21. The molecule has 0 aromatic heterocycles. The van der Waals surface area contributed by atoms with Crippen LogP contribution < -0.4 is 4.90 Å². The maximum atomic E-state index is 13.5. The van der Waals surface area contributed by atoms with Gasteiger partial charge in [0, 0.05) is 18.9 Å². The van der Waals surface area contributed by atoms with Crippen molar-refractivity contribution in [2.75, 3.05) is 18.1 Å². The molecule has 2 unspecified atom stereocenters. The lowest BCUT2D eigenvalue weighted by Crippen LogP contribution is -2.40. The summed E-state index contributed by atoms with van der Waals surface area (Å²) >= 11 is 0. The first-order valence-corrected chi connectivity index (χ1v) is 11.6. The third-order valence-corrected chi connectivity index (χ3v) is 5.22. The van der Waals surface area contributed by atoms with Crippen LogP contribution in [0.3, 0.4) is 0 Å². The highest BCUT2D eigenvalue weighted by molar-refractivity contribution is 6.04. The third kappa shape index (κ3) is 7.75. The largest absolute Gasteiger partial charge is 0.510 e. The molecule has 2 atom stereocenters. The van der Waals surface area contributed by atoms with Gasteiger partial charge in [-0.25, -0.2) is 9.59 Å². The Balaban J connectivity index is 1.69. The molecule has 0 saturated carbocycles. The van der Waals surface area contributed by atoms with E-state index in [-0.39, 0.29) is 19.6 Å². The topological polar surface area (TPSA) is 164 Å². The second-order valence-corrected chi connectivity index (χ2v) is 7.88. The van der Waals surface area contributed by atoms with Gasteiger partial charge in [-0.1, -0.05) is 42.5 Å². The van der Waals surface area contributed by atoms with Gasteiger partial charge in [0.25, 0.3) is 5.09 Å². The van der Waals surface area contributed by atoms with Gasteiger partial charge in [0.1, 0.15) is 12.7 Å². The van der Waals surface area contributed by atoms with E-state index in [1.54, 1.807) is 48.5 Å². The minimum absolute atomic E-state index is 0.209. The molecular formula is C25H25N3O11. The minimum atomic E-state index is -1.45. The van der Waals surface area contributed by atoms with Crippen molar-refractivity contribution in [3.8, 4) is 0 Å². The molecule has 1 aliphatic rings. The van der Waals surface area contributed by atoms with E-state index < -0.39 is 35.6 Å². The lowest BCUT2D eigenvalue weighted by Gasteiger charge is -2.28. The van der Waals surface area contributed by atoms with Crippen molar-refractivity contribution in [2.24, 2.45) is 0 Å². The van der Waals surface area contributed by atoms with E-state index in [1.165, 1.54) is 24.0 Å². The Labute approximate surface area is 222 Å². The summed E-state index contributed by atoms with van der Waals surface area (Å²) < 4.78 is 14.7. The summed E-state index contributed by atoms with van der Waals surface area (Å²) in [6.45, 7) is 1.90. The van der Waals surface area contributed by atoms with E-state index in [0.717, 1.165) is 6.92 Å². The number of hydrogen-bond donors (Lipinski definition) is 0. The Morgan fingerprint density at radius 2 is 1.77 bits per heavy atom. The number of amides is 3. The lowest BCUT2D eigenvalue weighted by atomic mass is 10.0. The van der Waals surface area contributed by atoms with Gasteiger partial charge in [0.05, 0.1) is 18.0 Å². The highest BCUT2D eigenvalue weighted by Crippen LogP contribution is 2.42. The fourth-order valence-electron chi connectivity index (χ4n) is 3.73. The minimum Gasteiger partial charge on any atom is -0.457 e. The Morgan fingerprint density at radius 3 is 2.46 bits per heavy atom. The molecule has 1 aliphatic heterocycles. The average molecular weight is 543 g/mol. The molecule has 0 fully saturated rings. The molecule has 0 bridgehead atoms. The van der Waals surface area contributed by atoms with E-state index in [1.807, 2.05) is 0 Å². The molecule has 1 heterocycles. The predicted octanol–water partition coefficient (Wildman–Crippen LogP) is 3.76. The molecular weight excluding hydrogens is 518 g/mol. The van der Waals surface area contributed by atoms with Crippen molar-refractivity contribution < 1.29 is 48.2 Å². The van der Waals surface area contributed by atoms with Crippen molar-refractivity contribution in [1.29, 1.82) is 0 Å². The van der Waals surface area contributed by atoms with E-state index in [9.17, 15) is 29.3 Å². The van der Waals surface area contributed by atoms with Crippen molar-refractivity contribution in [1.82, 2.24) is 5.06 Å². The maximum Gasteiger partial charge on any atom is 0.510 e. The highest BCUT2D eigenvalue weighted by atomic mass is 17.0. The zero-order valence-corrected chi connectivity index (χ0v) is 21.0. The summed E-state index contributed by atoms with van der Waals surface area (Å²) in [5.41, 5.74) is 2.18. The highest BCUT2D eigenvalue weighted by Gasteiger charge is 2.34. The summed E-state index contributed by atoms with van der Waals surface area (Å²) in [5, 5.41) is 9.59. The Kier molecular flexibility index (Phi) is 9.92. The van der Waals surface area contributed by atoms with Gasteiger partial charge in [-0.3, -0.25) is 24.2 Å². The van der Waals surface area contributed by atoms with Crippen molar-refractivity contribution >= 4 is 35.9 Å². The normalized spacial score (nSPS) is 14.7. The van der Waals surface area contributed by atoms with Crippen LogP contribution in [0.1, 0.15) is 31.1 Å². The number of nitrogens with zero attached hydrogens (tertiary/aromatic N) is 3. The lowest BCUT2D eigenvalue weighted by molar-refractivity contribution is -0.777. The number of ether oxygens (including phenoxy) is 3. The van der Waals surface area contributed by atoms with Gasteiger partial charge >= 0.3 is 18.2 Å². The first-order chi connectivity index (χ1) is 18.7. The van der Waals surface area contributed by atoms with Crippen molar-refractivity contribution in [3.63, 3.8) is 0 Å². The molecule has 39 heavy (non-hydrogen) atoms. The molecule has 14 heteroatoms. The number of carbonyl (C=O) groups is 4. The quantitative estimate of drug-likeness (QED) is 0.107. The predicted molar refractivity (Wildman–Crippen MR) is 132 cm³/mol. The molecule has 0 spiro atoms. The van der Waals surface area contributed by atoms with Crippen LogP contribution in [0.25, 0.3) is 0 Å². The molecule has 14 nitrogen and oxygen atoms in total. The number of hydrogen-bond acceptors (Lipinski definition) is 11. The molecule has 2 aromatic carbocycles. The summed E-state index contributed by atoms with van der Waals surface area (Å²) in [4.78, 5) is 69.4. The number of fused-ring (bicyclic) bond motifs is 2. The van der Waals surface area contributed by atoms with Gasteiger partial charge in [-0.15, -0.1) is 15.2 Å². The molecule has 0 N–H and O–H groups in total. The number of esters is 1. The van der Waals surface area contributed by atoms with E-state index in [2.05, 4.69) is 9.57 Å². The Morgan fingerprint density at radius 1 is 1.10 bits per heavy atom. The van der Waals surface area contributed by atoms with Gasteiger partial charge < -0.3 is 14.2 Å². The summed E-state index contributed by atoms with van der Waals surface area (Å²) in [6.07, 6.45) is -0.0907. The number of urea groups is 1. The van der Waals surface area contributed by atoms with E-state index >= 15 is 0 Å². The molecule has 0 aliphatic carbocycles. The molecule has 3 amide bonds. The monoisotopic (exact) mass is 543 g/mol.